The van der Waals surface area contributed by atoms with Gasteiger partial charge in [0.15, 0.2) is 5.82 Å². The van der Waals surface area contributed by atoms with E-state index in [2.05, 4.69) is 39.8 Å². The number of nitrogens with zero attached hydrogens (tertiary/aromatic N) is 4. The molecule has 24 heavy (non-hydrogen) atoms. The van der Waals surface area contributed by atoms with Gasteiger partial charge in [-0.2, -0.15) is 5.21 Å². The maximum atomic E-state index is 13.2. The van der Waals surface area contributed by atoms with Crippen molar-refractivity contribution < 1.29 is 4.79 Å². The van der Waals surface area contributed by atoms with Gasteiger partial charge in [0.1, 0.15) is 12.1 Å². The van der Waals surface area contributed by atoms with Crippen LogP contribution in [-0.2, 0) is 4.79 Å². The molecular weight excluding hydrogens is 324 g/mol. The molecule has 0 radical (unpaired) electrons. The molecule has 1 aliphatic heterocycles. The molecule has 2 unspecified atom stereocenters. The zero-order chi connectivity index (χ0) is 16.9. The molecule has 0 bridgehead atoms. The lowest BCUT2D eigenvalue weighted by Crippen LogP contribution is -2.43. The number of carbonyl (C=O) groups excluding carboxylic acids is 1. The molecular formula is C16H22N6OS. The number of tetrazole rings is 1. The van der Waals surface area contributed by atoms with Crippen LogP contribution in [0.4, 0.5) is 5.69 Å². The van der Waals surface area contributed by atoms with Gasteiger partial charge in [-0.3, -0.25) is 4.79 Å². The number of amides is 1. The molecule has 2 N–H and O–H groups in total. The summed E-state index contributed by atoms with van der Waals surface area (Å²) in [5.41, 5.74) is 0.958. The van der Waals surface area contributed by atoms with E-state index in [1.165, 1.54) is 0 Å². The van der Waals surface area contributed by atoms with E-state index in [1.807, 2.05) is 35.2 Å². The highest BCUT2D eigenvalue weighted by molar-refractivity contribution is 7.99. The van der Waals surface area contributed by atoms with E-state index >= 15 is 0 Å². The van der Waals surface area contributed by atoms with Crippen LogP contribution in [0, 0.1) is 5.92 Å². The largest absolute Gasteiger partial charge is 0.374 e. The summed E-state index contributed by atoms with van der Waals surface area (Å²) in [5, 5.41) is 17.6. The fourth-order valence-electron chi connectivity index (χ4n) is 2.81. The second-order valence-electron chi connectivity index (χ2n) is 6.29. The highest BCUT2D eigenvalue weighted by Crippen LogP contribution is 2.32. The molecule has 1 saturated heterocycles. The Morgan fingerprint density at radius 1 is 1.42 bits per heavy atom. The number of aromatic amines is 1. The van der Waals surface area contributed by atoms with Crippen LogP contribution in [0.2, 0.25) is 0 Å². The summed E-state index contributed by atoms with van der Waals surface area (Å²) in [6.45, 7) is 4.25. The van der Waals surface area contributed by atoms with Crippen molar-refractivity contribution >= 4 is 23.4 Å². The maximum Gasteiger partial charge on any atom is 0.246 e. The van der Waals surface area contributed by atoms with Gasteiger partial charge in [-0.05, 0) is 24.5 Å². The SMILES string of the molecule is CC(C)CC(Nc1ccccc1)C(=O)N1CSCC1c1nn[nH]n1. The van der Waals surface area contributed by atoms with Crippen LogP contribution in [0.5, 0.6) is 0 Å². The van der Waals surface area contributed by atoms with E-state index in [1.54, 1.807) is 11.8 Å². The number of rotatable bonds is 6. The number of benzene rings is 1. The van der Waals surface area contributed by atoms with Crippen molar-refractivity contribution in [3.05, 3.63) is 36.2 Å². The second kappa shape index (κ2) is 7.65. The molecule has 1 amide bonds. The van der Waals surface area contributed by atoms with Crippen molar-refractivity contribution in [3.63, 3.8) is 0 Å². The third kappa shape index (κ3) is 3.87. The van der Waals surface area contributed by atoms with Gasteiger partial charge in [0.25, 0.3) is 0 Å². The summed E-state index contributed by atoms with van der Waals surface area (Å²) in [4.78, 5) is 15.0. The second-order valence-corrected chi connectivity index (χ2v) is 7.29. The van der Waals surface area contributed by atoms with E-state index in [4.69, 9.17) is 0 Å². The molecule has 7 nitrogen and oxygen atoms in total. The number of aromatic nitrogens is 4. The van der Waals surface area contributed by atoms with Gasteiger partial charge < -0.3 is 10.2 Å². The van der Waals surface area contributed by atoms with Gasteiger partial charge in [0.2, 0.25) is 5.91 Å². The average Bonchev–Trinajstić information content (AvgIpc) is 3.25. The average molecular weight is 346 g/mol. The molecule has 2 aromatic rings. The molecule has 0 spiro atoms. The van der Waals surface area contributed by atoms with Crippen molar-refractivity contribution in [3.8, 4) is 0 Å². The molecule has 1 aromatic heterocycles. The minimum atomic E-state index is -0.263. The van der Waals surface area contributed by atoms with E-state index in [9.17, 15) is 4.79 Å². The van der Waals surface area contributed by atoms with Crippen LogP contribution in [0.3, 0.4) is 0 Å². The molecule has 1 fully saturated rings. The number of nitrogens with one attached hydrogen (secondary N) is 2. The Balaban J connectivity index is 1.77. The Morgan fingerprint density at radius 3 is 2.88 bits per heavy atom. The minimum absolute atomic E-state index is 0.0901. The van der Waals surface area contributed by atoms with E-state index in [-0.39, 0.29) is 18.0 Å². The van der Waals surface area contributed by atoms with Gasteiger partial charge in [-0.25, -0.2) is 0 Å². The molecule has 128 valence electrons. The minimum Gasteiger partial charge on any atom is -0.374 e. The van der Waals surface area contributed by atoms with Crippen LogP contribution >= 0.6 is 11.8 Å². The topological polar surface area (TPSA) is 86.8 Å². The maximum absolute atomic E-state index is 13.2. The predicted molar refractivity (Wildman–Crippen MR) is 94.4 cm³/mol. The van der Waals surface area contributed by atoms with Crippen molar-refractivity contribution in [1.29, 1.82) is 0 Å². The third-order valence-electron chi connectivity index (χ3n) is 3.95. The van der Waals surface area contributed by atoms with Gasteiger partial charge >= 0.3 is 0 Å². The number of hydrogen-bond acceptors (Lipinski definition) is 6. The molecule has 8 heteroatoms. The highest BCUT2D eigenvalue weighted by atomic mass is 32.2. The summed E-state index contributed by atoms with van der Waals surface area (Å²) >= 11 is 1.72. The first-order valence-electron chi connectivity index (χ1n) is 8.08. The van der Waals surface area contributed by atoms with Crippen LogP contribution < -0.4 is 5.32 Å². The summed E-state index contributed by atoms with van der Waals surface area (Å²) in [7, 11) is 0. The lowest BCUT2D eigenvalue weighted by molar-refractivity contribution is -0.133. The van der Waals surface area contributed by atoms with Gasteiger partial charge in [-0.1, -0.05) is 37.3 Å². The number of thioether (sulfide) groups is 1. The first-order chi connectivity index (χ1) is 11.6. The van der Waals surface area contributed by atoms with E-state index < -0.39 is 0 Å². The third-order valence-corrected chi connectivity index (χ3v) is 4.96. The first kappa shape index (κ1) is 16.8. The predicted octanol–water partition coefficient (Wildman–Crippen LogP) is 2.30. The number of carbonyl (C=O) groups is 1. The first-order valence-corrected chi connectivity index (χ1v) is 9.23. The van der Waals surface area contributed by atoms with Gasteiger partial charge in [0, 0.05) is 11.4 Å². The molecule has 2 heterocycles. The summed E-state index contributed by atoms with van der Waals surface area (Å²) in [5.74, 6) is 2.53. The van der Waals surface area contributed by atoms with Crippen LogP contribution in [0.15, 0.2) is 30.3 Å². The fourth-order valence-corrected chi connectivity index (χ4v) is 3.97. The van der Waals surface area contributed by atoms with Crippen molar-refractivity contribution in [2.45, 2.75) is 32.4 Å². The molecule has 3 rings (SSSR count). The van der Waals surface area contributed by atoms with Crippen molar-refractivity contribution in [2.75, 3.05) is 16.9 Å². The molecule has 0 saturated carbocycles. The van der Waals surface area contributed by atoms with Crippen LogP contribution in [0.1, 0.15) is 32.1 Å². The smallest absolute Gasteiger partial charge is 0.246 e. The highest BCUT2D eigenvalue weighted by Gasteiger charge is 2.36. The lowest BCUT2D eigenvalue weighted by atomic mass is 10.0. The number of para-hydroxylation sites is 1. The zero-order valence-corrected chi connectivity index (χ0v) is 14.7. The Bertz CT molecular complexity index is 648. The van der Waals surface area contributed by atoms with Crippen molar-refractivity contribution in [1.82, 2.24) is 25.5 Å². The van der Waals surface area contributed by atoms with Crippen LogP contribution in [-0.4, -0.2) is 49.1 Å². The normalized spacial score (nSPS) is 18.8. The number of H-pyrrole nitrogens is 1. The van der Waals surface area contributed by atoms with Gasteiger partial charge in [0.05, 0.1) is 5.88 Å². The standard InChI is InChI=1S/C16H22N6OS/c1-11(2)8-13(17-12-6-4-3-5-7-12)16(23)22-10-24-9-14(22)15-18-20-21-19-15/h3-7,11,13-14,17H,8-10H2,1-2H3,(H,18,19,20,21). The quantitative estimate of drug-likeness (QED) is 0.835. The Kier molecular flexibility index (Phi) is 5.34. The monoisotopic (exact) mass is 346 g/mol. The molecule has 2 atom stereocenters. The van der Waals surface area contributed by atoms with Crippen molar-refractivity contribution in [2.24, 2.45) is 5.92 Å². The Labute approximate surface area is 145 Å². The summed E-state index contributed by atoms with van der Waals surface area (Å²) in [6.07, 6.45) is 0.772. The lowest BCUT2D eigenvalue weighted by Gasteiger charge is -2.28. The molecule has 0 aliphatic carbocycles. The van der Waals surface area contributed by atoms with E-state index in [0.717, 1.165) is 17.9 Å². The van der Waals surface area contributed by atoms with Crippen LogP contribution in [0.25, 0.3) is 0 Å². The van der Waals surface area contributed by atoms with E-state index in [0.29, 0.717) is 17.6 Å². The van der Waals surface area contributed by atoms with Gasteiger partial charge in [-0.15, -0.1) is 22.0 Å². The Morgan fingerprint density at radius 2 is 2.21 bits per heavy atom. The molecule has 1 aromatic carbocycles. The number of anilines is 1. The Hall–Kier alpha value is -2.09. The number of hydrogen-bond donors (Lipinski definition) is 2. The molecule has 1 aliphatic rings. The fraction of sp³-hybridized carbons (Fsp3) is 0.500. The summed E-state index contributed by atoms with van der Waals surface area (Å²) < 4.78 is 0. The summed E-state index contributed by atoms with van der Waals surface area (Å²) in [6, 6.07) is 9.48. The zero-order valence-electron chi connectivity index (χ0n) is 13.8.